The molecule has 1 aromatic rings. The summed E-state index contributed by atoms with van der Waals surface area (Å²) in [5, 5.41) is 7.95. The highest BCUT2D eigenvalue weighted by Crippen LogP contribution is 2.08. The Kier molecular flexibility index (Phi) is 5.60. The minimum Gasteiger partial charge on any atom is -0.304 e. The Labute approximate surface area is 90.5 Å². The van der Waals surface area contributed by atoms with Crippen LogP contribution < -0.4 is 0 Å². The molecular formula is C10H18ClN3. The Morgan fingerprint density at radius 3 is 2.57 bits per heavy atom. The van der Waals surface area contributed by atoms with E-state index in [1.165, 1.54) is 38.5 Å². The molecule has 0 atom stereocenters. The Morgan fingerprint density at radius 2 is 1.93 bits per heavy atom. The molecule has 0 aliphatic heterocycles. The van der Waals surface area contributed by atoms with Crippen molar-refractivity contribution in [2.24, 2.45) is 0 Å². The molecule has 0 fully saturated rings. The molecule has 0 saturated heterocycles. The lowest BCUT2D eigenvalue weighted by molar-refractivity contribution is 0.557. The van der Waals surface area contributed by atoms with E-state index in [-0.39, 0.29) is 0 Å². The lowest BCUT2D eigenvalue weighted by Crippen LogP contribution is -1.96. The van der Waals surface area contributed by atoms with Crippen LogP contribution in [0.25, 0.3) is 0 Å². The van der Waals surface area contributed by atoms with Crippen molar-refractivity contribution in [3.8, 4) is 0 Å². The lowest BCUT2D eigenvalue weighted by Gasteiger charge is -2.02. The van der Waals surface area contributed by atoms with Gasteiger partial charge in [-0.05, 0) is 18.0 Å². The van der Waals surface area contributed by atoms with Gasteiger partial charge >= 0.3 is 0 Å². The fourth-order valence-electron chi connectivity index (χ4n) is 1.45. The molecular weight excluding hydrogens is 198 g/mol. The molecule has 80 valence electrons. The summed E-state index contributed by atoms with van der Waals surface area (Å²) in [6.45, 7) is 3.18. The molecule has 1 aromatic heterocycles. The summed E-state index contributed by atoms with van der Waals surface area (Å²) >= 11 is 5.79. The van der Waals surface area contributed by atoms with Crippen LogP contribution in [0.3, 0.4) is 0 Å². The first kappa shape index (κ1) is 11.5. The number of halogens is 1. The summed E-state index contributed by atoms with van der Waals surface area (Å²) in [7, 11) is 0. The topological polar surface area (TPSA) is 30.7 Å². The molecule has 3 nitrogen and oxygen atoms in total. The molecule has 4 heteroatoms. The second-order valence-corrected chi connectivity index (χ2v) is 3.90. The fourth-order valence-corrected chi connectivity index (χ4v) is 1.63. The molecule has 0 aliphatic rings. The number of rotatable bonds is 7. The highest BCUT2D eigenvalue weighted by Gasteiger charge is 1.98. The van der Waals surface area contributed by atoms with Crippen LogP contribution in [0.2, 0.25) is 5.28 Å². The van der Waals surface area contributed by atoms with E-state index in [9.17, 15) is 0 Å². The predicted octanol–water partition coefficient (Wildman–Crippen LogP) is 3.29. The van der Waals surface area contributed by atoms with Crippen LogP contribution in [0.15, 0.2) is 6.33 Å². The van der Waals surface area contributed by atoms with E-state index in [4.69, 9.17) is 11.6 Å². The van der Waals surface area contributed by atoms with Crippen molar-refractivity contribution in [2.45, 2.75) is 52.0 Å². The van der Waals surface area contributed by atoms with E-state index < -0.39 is 0 Å². The largest absolute Gasteiger partial charge is 0.304 e. The molecule has 14 heavy (non-hydrogen) atoms. The Balaban J connectivity index is 2.02. The van der Waals surface area contributed by atoms with E-state index >= 15 is 0 Å². The quantitative estimate of drug-likeness (QED) is 0.654. The number of hydrogen-bond acceptors (Lipinski definition) is 2. The maximum absolute atomic E-state index is 5.79. The number of unbranched alkanes of at least 4 members (excludes halogenated alkanes) is 5. The average molecular weight is 216 g/mol. The van der Waals surface area contributed by atoms with Crippen molar-refractivity contribution >= 4 is 11.6 Å². The van der Waals surface area contributed by atoms with E-state index in [0.29, 0.717) is 5.28 Å². The lowest BCUT2D eigenvalue weighted by atomic mass is 10.1. The van der Waals surface area contributed by atoms with Crippen LogP contribution in [0, 0.1) is 0 Å². The van der Waals surface area contributed by atoms with E-state index in [1.807, 2.05) is 4.57 Å². The van der Waals surface area contributed by atoms with Gasteiger partial charge in [-0.25, -0.2) is 0 Å². The van der Waals surface area contributed by atoms with Crippen molar-refractivity contribution in [2.75, 3.05) is 0 Å². The van der Waals surface area contributed by atoms with Crippen LogP contribution in [0.5, 0.6) is 0 Å². The summed E-state index contributed by atoms with van der Waals surface area (Å²) in [6, 6.07) is 0. The maximum atomic E-state index is 5.79. The summed E-state index contributed by atoms with van der Waals surface area (Å²) in [5.74, 6) is 0. The minimum atomic E-state index is 0.499. The summed E-state index contributed by atoms with van der Waals surface area (Å²) < 4.78 is 1.89. The molecule has 0 aliphatic carbocycles. The van der Waals surface area contributed by atoms with E-state index in [1.54, 1.807) is 6.33 Å². The van der Waals surface area contributed by atoms with E-state index in [2.05, 4.69) is 17.1 Å². The van der Waals surface area contributed by atoms with Gasteiger partial charge in [0.1, 0.15) is 6.33 Å². The molecule has 0 bridgehead atoms. The van der Waals surface area contributed by atoms with Crippen LogP contribution in [0.1, 0.15) is 45.4 Å². The molecule has 0 unspecified atom stereocenters. The normalized spacial score (nSPS) is 10.7. The fraction of sp³-hybridized carbons (Fsp3) is 0.800. The third-order valence-electron chi connectivity index (χ3n) is 2.32. The zero-order valence-electron chi connectivity index (χ0n) is 8.75. The summed E-state index contributed by atoms with van der Waals surface area (Å²) in [6.07, 6.45) is 9.47. The zero-order chi connectivity index (χ0) is 10.2. The van der Waals surface area contributed by atoms with Gasteiger partial charge in [0.15, 0.2) is 0 Å². The monoisotopic (exact) mass is 215 g/mol. The van der Waals surface area contributed by atoms with Crippen LogP contribution in [-0.2, 0) is 6.54 Å². The smallest absolute Gasteiger partial charge is 0.224 e. The first-order valence-electron chi connectivity index (χ1n) is 5.38. The van der Waals surface area contributed by atoms with Crippen LogP contribution >= 0.6 is 11.6 Å². The summed E-state index contributed by atoms with van der Waals surface area (Å²) in [5.41, 5.74) is 0. The van der Waals surface area contributed by atoms with Gasteiger partial charge in [0, 0.05) is 6.54 Å². The number of hydrogen-bond donors (Lipinski definition) is 0. The van der Waals surface area contributed by atoms with Crippen molar-refractivity contribution in [3.05, 3.63) is 11.6 Å². The second kappa shape index (κ2) is 6.82. The third kappa shape index (κ3) is 4.09. The zero-order valence-corrected chi connectivity index (χ0v) is 9.50. The Hall–Kier alpha value is -0.570. The van der Waals surface area contributed by atoms with Gasteiger partial charge < -0.3 is 4.57 Å². The highest BCUT2D eigenvalue weighted by atomic mass is 35.5. The first-order chi connectivity index (χ1) is 6.84. The predicted molar refractivity (Wildman–Crippen MR) is 58.4 cm³/mol. The van der Waals surface area contributed by atoms with Crippen molar-refractivity contribution in [3.63, 3.8) is 0 Å². The summed E-state index contributed by atoms with van der Waals surface area (Å²) in [4.78, 5) is 0. The van der Waals surface area contributed by atoms with Crippen LogP contribution in [-0.4, -0.2) is 14.8 Å². The molecule has 0 saturated carbocycles. The van der Waals surface area contributed by atoms with Gasteiger partial charge in [0.05, 0.1) is 0 Å². The van der Waals surface area contributed by atoms with Gasteiger partial charge in [-0.2, -0.15) is 0 Å². The Bertz CT molecular complexity index is 247. The number of nitrogens with zero attached hydrogens (tertiary/aromatic N) is 3. The van der Waals surface area contributed by atoms with Crippen LogP contribution in [0.4, 0.5) is 0 Å². The highest BCUT2D eigenvalue weighted by molar-refractivity contribution is 6.28. The van der Waals surface area contributed by atoms with Crippen molar-refractivity contribution in [1.29, 1.82) is 0 Å². The van der Waals surface area contributed by atoms with Gasteiger partial charge in [0.25, 0.3) is 0 Å². The third-order valence-corrected chi connectivity index (χ3v) is 2.61. The average Bonchev–Trinajstić information content (AvgIpc) is 2.58. The van der Waals surface area contributed by atoms with E-state index in [0.717, 1.165) is 6.54 Å². The van der Waals surface area contributed by atoms with Crippen molar-refractivity contribution < 1.29 is 0 Å². The molecule has 1 heterocycles. The van der Waals surface area contributed by atoms with Gasteiger partial charge in [-0.3, -0.25) is 0 Å². The number of aromatic nitrogens is 3. The Morgan fingerprint density at radius 1 is 1.21 bits per heavy atom. The van der Waals surface area contributed by atoms with Gasteiger partial charge in [-0.15, -0.1) is 10.2 Å². The van der Waals surface area contributed by atoms with Gasteiger partial charge in [0.2, 0.25) is 5.28 Å². The maximum Gasteiger partial charge on any atom is 0.224 e. The molecule has 0 radical (unpaired) electrons. The van der Waals surface area contributed by atoms with Crippen molar-refractivity contribution in [1.82, 2.24) is 14.8 Å². The molecule has 0 amide bonds. The minimum absolute atomic E-state index is 0.499. The standard InChI is InChI=1S/C10H18ClN3/c1-2-3-4-5-6-7-8-14-9-12-13-10(14)11/h9H,2-8H2,1H3. The molecule has 0 spiro atoms. The SMILES string of the molecule is CCCCCCCCn1cnnc1Cl. The van der Waals surface area contributed by atoms with Gasteiger partial charge in [-0.1, -0.05) is 39.0 Å². The number of aryl methyl sites for hydroxylation is 1. The molecule has 0 N–H and O–H groups in total. The molecule has 0 aromatic carbocycles. The first-order valence-corrected chi connectivity index (χ1v) is 5.75. The molecule has 1 rings (SSSR count). The second-order valence-electron chi connectivity index (χ2n) is 3.56.